The highest BCUT2D eigenvalue weighted by molar-refractivity contribution is 6.42. The minimum absolute atomic E-state index is 0.0000789. The summed E-state index contributed by atoms with van der Waals surface area (Å²) in [5, 5.41) is 1.14. The summed E-state index contributed by atoms with van der Waals surface area (Å²) in [5.41, 5.74) is 3.36. The number of hydrogen-bond acceptors (Lipinski definition) is 2. The van der Waals surface area contributed by atoms with Crippen LogP contribution in [0.2, 0.25) is 10.0 Å². The predicted molar refractivity (Wildman–Crippen MR) is 95.8 cm³/mol. The van der Waals surface area contributed by atoms with Crippen LogP contribution >= 0.6 is 23.2 Å². The molecule has 0 N–H and O–H groups in total. The minimum Gasteiger partial charge on any atom is -0.363 e. The third-order valence-corrected chi connectivity index (χ3v) is 5.08. The molecule has 0 saturated heterocycles. The fourth-order valence-corrected chi connectivity index (χ4v) is 3.46. The Balaban J connectivity index is 1.66. The maximum atomic E-state index is 13.4. The number of fused-ring (bicyclic) bond motifs is 1. The summed E-state index contributed by atoms with van der Waals surface area (Å²) in [6.07, 6.45) is 1.70. The van der Waals surface area contributed by atoms with Crippen molar-refractivity contribution in [1.29, 1.82) is 0 Å². The molecule has 0 radical (unpaired) electrons. The van der Waals surface area contributed by atoms with Crippen molar-refractivity contribution in [3.8, 4) is 0 Å². The first-order valence-corrected chi connectivity index (χ1v) is 8.89. The van der Waals surface area contributed by atoms with Crippen molar-refractivity contribution in [3.63, 3.8) is 0 Å². The van der Waals surface area contributed by atoms with E-state index in [0.29, 0.717) is 16.7 Å². The Hall–Kier alpha value is -1.13. The SMILES string of the molecule is CCO[C@H](CCc1ccc(Cl)c(Cl)c1)N1Cc2ccc(F)cc2C1. The van der Waals surface area contributed by atoms with Gasteiger partial charge in [0, 0.05) is 19.7 Å². The molecule has 128 valence electrons. The second-order valence-electron chi connectivity index (χ2n) is 6.02. The van der Waals surface area contributed by atoms with E-state index in [0.717, 1.165) is 37.1 Å². The van der Waals surface area contributed by atoms with Gasteiger partial charge in [-0.15, -0.1) is 0 Å². The number of nitrogens with zero attached hydrogens (tertiary/aromatic N) is 1. The van der Waals surface area contributed by atoms with Crippen LogP contribution in [0.25, 0.3) is 0 Å². The van der Waals surface area contributed by atoms with Crippen molar-refractivity contribution in [3.05, 3.63) is 69.0 Å². The van der Waals surface area contributed by atoms with E-state index in [9.17, 15) is 4.39 Å². The van der Waals surface area contributed by atoms with Crippen LogP contribution in [0, 0.1) is 5.82 Å². The molecule has 2 nitrogen and oxygen atoms in total. The lowest BCUT2D eigenvalue weighted by atomic mass is 10.1. The van der Waals surface area contributed by atoms with Crippen molar-refractivity contribution in [1.82, 2.24) is 4.90 Å². The normalized spacial score (nSPS) is 15.5. The molecule has 1 atom stereocenters. The summed E-state index contributed by atoms with van der Waals surface area (Å²) in [6.45, 7) is 4.16. The molecule has 1 aliphatic heterocycles. The number of ether oxygens (including phenoxy) is 1. The van der Waals surface area contributed by atoms with Gasteiger partial charge in [-0.2, -0.15) is 0 Å². The Bertz CT molecular complexity index is 723. The van der Waals surface area contributed by atoms with Gasteiger partial charge >= 0.3 is 0 Å². The number of halogens is 3. The van der Waals surface area contributed by atoms with Crippen LogP contribution in [0.15, 0.2) is 36.4 Å². The summed E-state index contributed by atoms with van der Waals surface area (Å²) in [6, 6.07) is 10.7. The van der Waals surface area contributed by atoms with Gasteiger partial charge < -0.3 is 4.74 Å². The molecular formula is C19H20Cl2FNO. The maximum Gasteiger partial charge on any atom is 0.123 e. The zero-order valence-electron chi connectivity index (χ0n) is 13.6. The smallest absolute Gasteiger partial charge is 0.123 e. The van der Waals surface area contributed by atoms with E-state index in [1.807, 2.05) is 31.2 Å². The van der Waals surface area contributed by atoms with Crippen LogP contribution in [-0.4, -0.2) is 17.7 Å². The van der Waals surface area contributed by atoms with E-state index in [2.05, 4.69) is 4.90 Å². The summed E-state index contributed by atoms with van der Waals surface area (Å²) < 4.78 is 19.3. The van der Waals surface area contributed by atoms with Crippen LogP contribution < -0.4 is 0 Å². The van der Waals surface area contributed by atoms with Crippen molar-refractivity contribution >= 4 is 23.2 Å². The molecule has 0 fully saturated rings. The topological polar surface area (TPSA) is 12.5 Å². The second kappa shape index (κ2) is 7.83. The van der Waals surface area contributed by atoms with Gasteiger partial charge in [-0.05, 0) is 60.7 Å². The first-order valence-electron chi connectivity index (χ1n) is 8.13. The quantitative estimate of drug-likeness (QED) is 0.673. The molecule has 1 heterocycles. The molecule has 0 spiro atoms. The molecule has 24 heavy (non-hydrogen) atoms. The summed E-state index contributed by atoms with van der Waals surface area (Å²) >= 11 is 12.0. The third kappa shape index (κ3) is 4.09. The zero-order valence-corrected chi connectivity index (χ0v) is 15.1. The van der Waals surface area contributed by atoms with Gasteiger partial charge in [-0.25, -0.2) is 4.39 Å². The fraction of sp³-hybridized carbons (Fsp3) is 0.368. The van der Waals surface area contributed by atoms with Crippen LogP contribution in [-0.2, 0) is 24.2 Å². The molecule has 3 rings (SSSR count). The lowest BCUT2D eigenvalue weighted by Crippen LogP contribution is -2.33. The Morgan fingerprint density at radius 1 is 1.08 bits per heavy atom. The first-order chi connectivity index (χ1) is 11.6. The molecule has 0 unspecified atom stereocenters. The Morgan fingerprint density at radius 3 is 2.62 bits per heavy atom. The van der Waals surface area contributed by atoms with Crippen LogP contribution in [0.4, 0.5) is 4.39 Å². The highest BCUT2D eigenvalue weighted by Crippen LogP contribution is 2.28. The molecule has 0 aromatic heterocycles. The number of hydrogen-bond donors (Lipinski definition) is 0. The van der Waals surface area contributed by atoms with Crippen LogP contribution in [0.3, 0.4) is 0 Å². The van der Waals surface area contributed by atoms with E-state index in [1.54, 1.807) is 6.07 Å². The second-order valence-corrected chi connectivity index (χ2v) is 6.83. The average Bonchev–Trinajstić information content (AvgIpc) is 2.97. The van der Waals surface area contributed by atoms with Crippen molar-refractivity contribution < 1.29 is 9.13 Å². The highest BCUT2D eigenvalue weighted by atomic mass is 35.5. The van der Waals surface area contributed by atoms with Gasteiger partial charge in [0.25, 0.3) is 0 Å². The molecule has 0 aliphatic carbocycles. The third-order valence-electron chi connectivity index (χ3n) is 4.35. The minimum atomic E-state index is -0.181. The van der Waals surface area contributed by atoms with Crippen LogP contribution in [0.5, 0.6) is 0 Å². The molecule has 2 aromatic rings. The van der Waals surface area contributed by atoms with Gasteiger partial charge in [0.05, 0.1) is 10.0 Å². The van der Waals surface area contributed by atoms with E-state index in [-0.39, 0.29) is 12.0 Å². The summed E-state index contributed by atoms with van der Waals surface area (Å²) in [5.74, 6) is -0.181. The van der Waals surface area contributed by atoms with Gasteiger partial charge in [-0.1, -0.05) is 35.3 Å². The van der Waals surface area contributed by atoms with E-state index >= 15 is 0 Å². The first kappa shape index (κ1) is 17.7. The Labute approximate surface area is 152 Å². The average molecular weight is 368 g/mol. The summed E-state index contributed by atoms with van der Waals surface area (Å²) in [7, 11) is 0. The highest BCUT2D eigenvalue weighted by Gasteiger charge is 2.26. The van der Waals surface area contributed by atoms with Gasteiger partial charge in [0.2, 0.25) is 0 Å². The van der Waals surface area contributed by atoms with E-state index < -0.39 is 0 Å². The van der Waals surface area contributed by atoms with Gasteiger partial charge in [0.15, 0.2) is 0 Å². The van der Waals surface area contributed by atoms with Gasteiger partial charge in [0.1, 0.15) is 12.0 Å². The number of rotatable bonds is 6. The fourth-order valence-electron chi connectivity index (χ4n) is 3.14. The van der Waals surface area contributed by atoms with Crippen molar-refractivity contribution in [2.45, 2.75) is 39.1 Å². The Morgan fingerprint density at radius 2 is 1.88 bits per heavy atom. The molecule has 0 bridgehead atoms. The largest absolute Gasteiger partial charge is 0.363 e. The van der Waals surface area contributed by atoms with Crippen molar-refractivity contribution in [2.24, 2.45) is 0 Å². The van der Waals surface area contributed by atoms with Crippen LogP contribution in [0.1, 0.15) is 30.0 Å². The molecule has 2 aromatic carbocycles. The number of aryl methyl sites for hydroxylation is 1. The lowest BCUT2D eigenvalue weighted by Gasteiger charge is -2.27. The molecule has 5 heteroatoms. The molecule has 0 amide bonds. The predicted octanol–water partition coefficient (Wildman–Crippen LogP) is 5.44. The molecule has 1 aliphatic rings. The molecule has 0 saturated carbocycles. The van der Waals surface area contributed by atoms with Crippen molar-refractivity contribution in [2.75, 3.05) is 6.61 Å². The lowest BCUT2D eigenvalue weighted by molar-refractivity contribution is -0.0623. The van der Waals surface area contributed by atoms with E-state index in [1.165, 1.54) is 11.6 Å². The summed E-state index contributed by atoms with van der Waals surface area (Å²) in [4.78, 5) is 2.26. The van der Waals surface area contributed by atoms with E-state index in [4.69, 9.17) is 27.9 Å². The zero-order chi connectivity index (χ0) is 17.1. The maximum absolute atomic E-state index is 13.4. The van der Waals surface area contributed by atoms with Gasteiger partial charge in [-0.3, -0.25) is 4.90 Å². The number of benzene rings is 2. The molecular weight excluding hydrogens is 348 g/mol. The monoisotopic (exact) mass is 367 g/mol. The standard InChI is InChI=1S/C19H20Cl2FNO/c1-2-24-19(8-4-13-3-7-17(20)18(21)9-13)23-11-14-5-6-16(22)10-15(14)12-23/h3,5-7,9-10,19H,2,4,8,11-12H2,1H3/t19-/m1/s1. The Kier molecular flexibility index (Phi) is 5.77.